The number of carbonyl (C=O) groups is 3. The van der Waals surface area contributed by atoms with Crippen molar-refractivity contribution in [3.63, 3.8) is 0 Å². The van der Waals surface area contributed by atoms with Gasteiger partial charge in [0.2, 0.25) is 0 Å². The van der Waals surface area contributed by atoms with E-state index in [0.717, 1.165) is 37.0 Å². The monoisotopic (exact) mass is 509 g/mol. The van der Waals surface area contributed by atoms with Crippen molar-refractivity contribution in [1.29, 1.82) is 0 Å². The van der Waals surface area contributed by atoms with E-state index in [2.05, 4.69) is 27.1 Å². The van der Waals surface area contributed by atoms with Crippen molar-refractivity contribution in [3.8, 4) is 0 Å². The van der Waals surface area contributed by atoms with Crippen LogP contribution in [0.5, 0.6) is 0 Å². The molecule has 4 N–H and O–H groups in total. The fourth-order valence-electron chi connectivity index (χ4n) is 4.90. The Morgan fingerprint density at radius 1 is 1.24 bits per heavy atom. The first-order chi connectivity index (χ1) is 17.7. The molecule has 0 radical (unpaired) electrons. The summed E-state index contributed by atoms with van der Waals surface area (Å²) in [5.74, 6) is -2.96. The summed E-state index contributed by atoms with van der Waals surface area (Å²) in [6.07, 6.45) is 2.29. The van der Waals surface area contributed by atoms with Gasteiger partial charge in [-0.1, -0.05) is 6.58 Å². The van der Waals surface area contributed by atoms with Gasteiger partial charge in [-0.15, -0.1) is 0 Å². The van der Waals surface area contributed by atoms with Crippen molar-refractivity contribution in [2.45, 2.75) is 13.3 Å². The van der Waals surface area contributed by atoms with Crippen LogP contribution in [0.1, 0.15) is 32.9 Å². The topological polar surface area (TPSA) is 127 Å². The Kier molecular flexibility index (Phi) is 6.57. The lowest BCUT2D eigenvalue weighted by molar-refractivity contribution is -0.115. The Hall–Kier alpha value is -3.96. The standard InChI is InChI=1S/C26H28FN5O5/c1-14-20(28-19-3-4-32(26(36)23(14)19)6-5-31-7-9-37-10-8-31)12-17-16-11-18(27)22(30-24(34)15(2)33)13-21(16)29-25(17)35/h11-13,28,33H,2-10H2,1H3,(H,29,35)(H,30,34)/b17-12-. The van der Waals surface area contributed by atoms with Gasteiger partial charge in [0.15, 0.2) is 5.76 Å². The Morgan fingerprint density at radius 2 is 2.00 bits per heavy atom. The molecule has 0 unspecified atom stereocenters. The number of benzene rings is 1. The number of aliphatic hydroxyl groups is 1. The van der Waals surface area contributed by atoms with E-state index in [1.807, 2.05) is 11.8 Å². The molecule has 10 nitrogen and oxygen atoms in total. The maximum atomic E-state index is 14.7. The number of hydrogen-bond donors (Lipinski definition) is 4. The fraction of sp³-hybridized carbons (Fsp3) is 0.346. The van der Waals surface area contributed by atoms with Crippen LogP contribution in [0.25, 0.3) is 11.6 Å². The van der Waals surface area contributed by atoms with Crippen LogP contribution in [0, 0.1) is 12.7 Å². The molecule has 0 aliphatic carbocycles. The molecule has 5 rings (SSSR count). The van der Waals surface area contributed by atoms with Crippen LogP contribution in [0.4, 0.5) is 15.8 Å². The number of carbonyl (C=O) groups excluding carboxylic acids is 3. The molecule has 3 aliphatic heterocycles. The van der Waals surface area contributed by atoms with Gasteiger partial charge in [0.1, 0.15) is 5.82 Å². The molecule has 11 heteroatoms. The van der Waals surface area contributed by atoms with Crippen LogP contribution in [-0.4, -0.2) is 83.5 Å². The zero-order valence-electron chi connectivity index (χ0n) is 20.4. The Balaban J connectivity index is 1.38. The van der Waals surface area contributed by atoms with Crippen LogP contribution in [0.3, 0.4) is 0 Å². The number of hydrogen-bond acceptors (Lipinski definition) is 6. The van der Waals surface area contributed by atoms with Gasteiger partial charge in [0.25, 0.3) is 17.7 Å². The summed E-state index contributed by atoms with van der Waals surface area (Å²) in [7, 11) is 0. The van der Waals surface area contributed by atoms with E-state index < -0.39 is 23.4 Å². The Labute approximate surface area is 212 Å². The highest BCUT2D eigenvalue weighted by molar-refractivity contribution is 6.35. The SMILES string of the molecule is C=C(O)C(=O)Nc1cc2c(cc1F)/C(=C/c1[nH]c3c(c1C)C(=O)N(CCN1CCOCC1)CC3)C(=O)N2. The minimum absolute atomic E-state index is 0.0407. The minimum Gasteiger partial charge on any atom is -0.503 e. The van der Waals surface area contributed by atoms with Gasteiger partial charge in [0, 0.05) is 56.1 Å². The summed E-state index contributed by atoms with van der Waals surface area (Å²) >= 11 is 0. The number of anilines is 2. The van der Waals surface area contributed by atoms with Gasteiger partial charge in [-0.3, -0.25) is 19.3 Å². The molecule has 1 fully saturated rings. The number of aromatic nitrogens is 1. The first kappa shape index (κ1) is 24.7. The summed E-state index contributed by atoms with van der Waals surface area (Å²) in [5, 5.41) is 14.1. The maximum Gasteiger partial charge on any atom is 0.289 e. The summed E-state index contributed by atoms with van der Waals surface area (Å²) < 4.78 is 20.1. The number of ether oxygens (including phenoxy) is 1. The van der Waals surface area contributed by atoms with Crippen LogP contribution in [0.2, 0.25) is 0 Å². The predicted molar refractivity (Wildman–Crippen MR) is 136 cm³/mol. The van der Waals surface area contributed by atoms with Crippen LogP contribution in [-0.2, 0) is 20.7 Å². The number of halogens is 1. The molecule has 37 heavy (non-hydrogen) atoms. The van der Waals surface area contributed by atoms with Crippen molar-refractivity contribution in [2.75, 3.05) is 56.6 Å². The highest BCUT2D eigenvalue weighted by Gasteiger charge is 2.31. The van der Waals surface area contributed by atoms with Crippen LogP contribution < -0.4 is 10.6 Å². The number of nitrogens with one attached hydrogen (secondary N) is 3. The number of H-pyrrole nitrogens is 1. The third kappa shape index (κ3) is 4.75. The third-order valence-corrected chi connectivity index (χ3v) is 6.98. The molecule has 0 spiro atoms. The quantitative estimate of drug-likeness (QED) is 0.350. The second-order valence-electron chi connectivity index (χ2n) is 9.30. The van der Waals surface area contributed by atoms with Gasteiger partial charge in [-0.05, 0) is 30.7 Å². The fourth-order valence-corrected chi connectivity index (χ4v) is 4.90. The van der Waals surface area contributed by atoms with Gasteiger partial charge in [0.05, 0.1) is 35.7 Å². The van der Waals surface area contributed by atoms with Gasteiger partial charge in [-0.2, -0.15) is 0 Å². The molecule has 0 atom stereocenters. The molecular weight excluding hydrogens is 481 g/mol. The lowest BCUT2D eigenvalue weighted by Gasteiger charge is -2.32. The minimum atomic E-state index is -0.949. The zero-order chi connectivity index (χ0) is 26.3. The second kappa shape index (κ2) is 9.83. The second-order valence-corrected chi connectivity index (χ2v) is 9.30. The highest BCUT2D eigenvalue weighted by atomic mass is 19.1. The molecular formula is C26H28FN5O5. The lowest BCUT2D eigenvalue weighted by Crippen LogP contribution is -2.45. The van der Waals surface area contributed by atoms with Gasteiger partial charge in [-0.25, -0.2) is 4.39 Å². The Morgan fingerprint density at radius 3 is 2.73 bits per heavy atom. The maximum absolute atomic E-state index is 14.7. The molecule has 194 valence electrons. The van der Waals surface area contributed by atoms with E-state index in [-0.39, 0.29) is 17.2 Å². The number of fused-ring (bicyclic) bond motifs is 2. The average Bonchev–Trinajstić information content (AvgIpc) is 3.35. The van der Waals surface area contributed by atoms with Gasteiger partial charge < -0.3 is 30.4 Å². The molecule has 3 amide bonds. The molecule has 0 saturated carbocycles. The Bertz CT molecular complexity index is 1340. The molecule has 1 aromatic heterocycles. The van der Waals surface area contributed by atoms with E-state index in [9.17, 15) is 23.9 Å². The summed E-state index contributed by atoms with van der Waals surface area (Å²) in [5.41, 5.74) is 3.46. The van der Waals surface area contributed by atoms with Crippen LogP contribution >= 0.6 is 0 Å². The highest BCUT2D eigenvalue weighted by Crippen LogP contribution is 2.37. The number of aliphatic hydroxyl groups excluding tert-OH is 1. The predicted octanol–water partition coefficient (Wildman–Crippen LogP) is 2.30. The van der Waals surface area contributed by atoms with E-state index in [1.54, 1.807) is 6.08 Å². The molecule has 2 aromatic rings. The summed E-state index contributed by atoms with van der Waals surface area (Å²) in [4.78, 5) is 45.1. The largest absolute Gasteiger partial charge is 0.503 e. The van der Waals surface area contributed by atoms with Crippen molar-refractivity contribution < 1.29 is 28.6 Å². The normalized spacial score (nSPS) is 18.5. The van der Waals surface area contributed by atoms with Gasteiger partial charge >= 0.3 is 0 Å². The average molecular weight is 510 g/mol. The number of amides is 3. The number of morpholine rings is 1. The smallest absolute Gasteiger partial charge is 0.289 e. The van der Waals surface area contributed by atoms with E-state index >= 15 is 0 Å². The van der Waals surface area contributed by atoms with E-state index in [1.165, 1.54) is 6.07 Å². The molecule has 1 aromatic carbocycles. The summed E-state index contributed by atoms with van der Waals surface area (Å²) in [6, 6.07) is 2.43. The van der Waals surface area contributed by atoms with E-state index in [0.29, 0.717) is 55.2 Å². The first-order valence-corrected chi connectivity index (χ1v) is 12.1. The summed E-state index contributed by atoms with van der Waals surface area (Å²) in [6.45, 7) is 10.1. The van der Waals surface area contributed by atoms with Crippen molar-refractivity contribution >= 4 is 40.7 Å². The van der Waals surface area contributed by atoms with Crippen molar-refractivity contribution in [2.24, 2.45) is 0 Å². The molecule has 4 heterocycles. The molecule has 0 bridgehead atoms. The van der Waals surface area contributed by atoms with Crippen molar-refractivity contribution in [3.05, 3.63) is 58.4 Å². The number of aromatic amines is 1. The molecule has 1 saturated heterocycles. The lowest BCUT2D eigenvalue weighted by atomic mass is 10.0. The number of nitrogens with zero attached hydrogens (tertiary/aromatic N) is 2. The van der Waals surface area contributed by atoms with E-state index in [4.69, 9.17) is 4.74 Å². The first-order valence-electron chi connectivity index (χ1n) is 12.1. The van der Waals surface area contributed by atoms with Crippen LogP contribution in [0.15, 0.2) is 24.5 Å². The molecule has 3 aliphatic rings. The zero-order valence-corrected chi connectivity index (χ0v) is 20.4. The number of rotatable bonds is 6. The van der Waals surface area contributed by atoms with Crippen molar-refractivity contribution in [1.82, 2.24) is 14.8 Å². The third-order valence-electron chi connectivity index (χ3n) is 6.98.